The second kappa shape index (κ2) is 14.2. The number of hydrogen-bond acceptors (Lipinski definition) is 1. The van der Waals surface area contributed by atoms with E-state index in [-0.39, 0.29) is 10.8 Å². The van der Waals surface area contributed by atoms with Gasteiger partial charge in [0.1, 0.15) is 0 Å². The first kappa shape index (κ1) is 41.1. The maximum absolute atomic E-state index is 14.5. The molecule has 2 heterocycles. The van der Waals surface area contributed by atoms with Gasteiger partial charge in [0.05, 0.1) is 50.6 Å². The number of aromatic nitrogens is 2. The van der Waals surface area contributed by atoms with Gasteiger partial charge in [-0.15, -0.1) is 0 Å². The minimum Gasteiger partial charge on any atom is -0.309 e. The van der Waals surface area contributed by atoms with Gasteiger partial charge in [0.2, 0.25) is 0 Å². The van der Waals surface area contributed by atoms with Crippen molar-refractivity contribution in [3.05, 3.63) is 215 Å². The molecule has 0 N–H and O–H groups in total. The molecule has 0 saturated heterocycles. The van der Waals surface area contributed by atoms with Crippen molar-refractivity contribution in [1.29, 1.82) is 5.26 Å². The van der Waals surface area contributed by atoms with Crippen molar-refractivity contribution >= 4 is 43.6 Å². The first-order valence-corrected chi connectivity index (χ1v) is 23.5. The van der Waals surface area contributed by atoms with Gasteiger partial charge >= 0.3 is 6.18 Å². The Labute approximate surface area is 398 Å². The first-order valence-electron chi connectivity index (χ1n) is 23.5. The van der Waals surface area contributed by atoms with E-state index in [0.717, 1.165) is 60.7 Å². The van der Waals surface area contributed by atoms with Crippen LogP contribution in [0.2, 0.25) is 0 Å². The topological polar surface area (TPSA) is 33.6 Å². The smallest absolute Gasteiger partial charge is 0.309 e. The van der Waals surface area contributed by atoms with E-state index in [2.05, 4.69) is 176 Å². The molecule has 2 aromatic heterocycles. The van der Waals surface area contributed by atoms with Crippen molar-refractivity contribution in [2.75, 3.05) is 0 Å². The monoisotopic (exact) mass is 899 g/mol. The molecule has 0 unspecified atom stereocenters. The number of halogens is 3. The summed E-state index contributed by atoms with van der Waals surface area (Å²) in [6.07, 6.45) is -4.51. The molecule has 69 heavy (non-hydrogen) atoms. The minimum atomic E-state index is -4.51. The number of aryl methyl sites for hydroxylation is 1. The Morgan fingerprint density at radius 2 is 0.928 bits per heavy atom. The van der Waals surface area contributed by atoms with Crippen molar-refractivity contribution in [2.24, 2.45) is 0 Å². The zero-order valence-electron chi connectivity index (χ0n) is 38.7. The van der Waals surface area contributed by atoms with Crippen molar-refractivity contribution in [1.82, 2.24) is 9.13 Å². The highest BCUT2D eigenvalue weighted by molar-refractivity contribution is 6.16. The van der Waals surface area contributed by atoms with Gasteiger partial charge in [-0.1, -0.05) is 149 Å². The van der Waals surface area contributed by atoms with Crippen molar-refractivity contribution in [3.8, 4) is 62.0 Å². The molecule has 3 nitrogen and oxygen atoms in total. The van der Waals surface area contributed by atoms with Crippen LogP contribution in [0, 0.1) is 18.3 Å². The predicted molar refractivity (Wildman–Crippen MR) is 276 cm³/mol. The van der Waals surface area contributed by atoms with Gasteiger partial charge in [0.15, 0.2) is 0 Å². The van der Waals surface area contributed by atoms with Crippen LogP contribution in [0.3, 0.4) is 0 Å². The molecule has 0 amide bonds. The Balaban J connectivity index is 1.14. The highest BCUT2D eigenvalue weighted by Crippen LogP contribution is 2.56. The number of para-hydroxylation sites is 2. The second-order valence-corrected chi connectivity index (χ2v) is 20.0. The summed E-state index contributed by atoms with van der Waals surface area (Å²) in [6.45, 7) is 10.9. The number of fused-ring (bicyclic) bond motifs is 14. The van der Waals surface area contributed by atoms with Crippen LogP contribution in [0.15, 0.2) is 176 Å². The lowest BCUT2D eigenvalue weighted by Crippen LogP contribution is -2.15. The standard InChI is InChI=1S/C63H44F3N3/c1-36-30-39(33-40(31-36)63(64,65)66)38-23-25-44(56(34-38)69-52-21-13-9-17-48(52)58-54(69)29-27-46-42-15-7-11-19-50(42)62(4,5)60(46)58)43-24-22-37(35-67)32-55(43)68-51-20-12-8-16-47(51)57-53(68)28-26-45-41-14-6-10-18-49(41)61(2,3)59(45)57/h6-34H,1-5H3. The summed E-state index contributed by atoms with van der Waals surface area (Å²) in [5.74, 6) is 0. The van der Waals surface area contributed by atoms with Crippen LogP contribution >= 0.6 is 0 Å². The Hall–Kier alpha value is -8.14. The average Bonchev–Trinajstić information content (AvgIpc) is 4.02. The number of rotatable bonds is 4. The number of hydrogen-bond donors (Lipinski definition) is 0. The van der Waals surface area contributed by atoms with Crippen LogP contribution in [0.4, 0.5) is 13.2 Å². The van der Waals surface area contributed by atoms with Crippen LogP contribution < -0.4 is 0 Å². The van der Waals surface area contributed by atoms with Gasteiger partial charge in [0, 0.05) is 43.5 Å². The van der Waals surface area contributed by atoms with Gasteiger partial charge in [0.25, 0.3) is 0 Å². The van der Waals surface area contributed by atoms with E-state index in [1.165, 1.54) is 62.0 Å². The molecule has 0 fully saturated rings. The Morgan fingerprint density at radius 3 is 1.46 bits per heavy atom. The molecule has 11 aromatic rings. The molecular formula is C63H44F3N3. The fourth-order valence-electron chi connectivity index (χ4n) is 12.4. The number of nitrogens with zero attached hydrogens (tertiary/aromatic N) is 3. The predicted octanol–water partition coefficient (Wildman–Crippen LogP) is 17.0. The Bertz CT molecular complexity index is 4090. The number of nitriles is 1. The van der Waals surface area contributed by atoms with Gasteiger partial charge in [-0.3, -0.25) is 0 Å². The number of alkyl halides is 3. The summed E-state index contributed by atoms with van der Waals surface area (Å²) < 4.78 is 48.1. The fraction of sp³-hybridized carbons (Fsp3) is 0.127. The molecule has 332 valence electrons. The van der Waals surface area contributed by atoms with Gasteiger partial charge < -0.3 is 9.13 Å². The third-order valence-electron chi connectivity index (χ3n) is 15.3. The maximum atomic E-state index is 14.5. The molecule has 0 aliphatic heterocycles. The molecule has 0 radical (unpaired) electrons. The summed E-state index contributed by atoms with van der Waals surface area (Å²) in [5.41, 5.74) is 18.3. The maximum Gasteiger partial charge on any atom is 0.416 e. The van der Waals surface area contributed by atoms with Gasteiger partial charge in [-0.05, 0) is 123 Å². The summed E-state index contributed by atoms with van der Waals surface area (Å²) in [5, 5.41) is 15.1. The fourth-order valence-corrected chi connectivity index (χ4v) is 12.4. The normalized spacial score (nSPS) is 14.3. The molecule has 0 bridgehead atoms. The number of benzene rings is 9. The minimum absolute atomic E-state index is 0.283. The zero-order valence-corrected chi connectivity index (χ0v) is 38.7. The Kier molecular flexibility index (Phi) is 8.45. The van der Waals surface area contributed by atoms with Crippen LogP contribution in [-0.4, -0.2) is 9.13 Å². The highest BCUT2D eigenvalue weighted by atomic mass is 19.4. The van der Waals surface area contributed by atoms with Crippen molar-refractivity contribution in [2.45, 2.75) is 51.6 Å². The van der Waals surface area contributed by atoms with E-state index in [4.69, 9.17) is 0 Å². The van der Waals surface area contributed by atoms with Crippen molar-refractivity contribution < 1.29 is 13.2 Å². The summed E-state index contributed by atoms with van der Waals surface area (Å²) in [6, 6.07) is 62.0. The molecule has 9 aromatic carbocycles. The molecule has 0 atom stereocenters. The molecule has 2 aliphatic carbocycles. The van der Waals surface area contributed by atoms with E-state index < -0.39 is 11.7 Å². The van der Waals surface area contributed by atoms with E-state index in [0.29, 0.717) is 22.3 Å². The van der Waals surface area contributed by atoms with Crippen molar-refractivity contribution in [3.63, 3.8) is 0 Å². The molecule has 0 saturated carbocycles. The molecule has 0 spiro atoms. The second-order valence-electron chi connectivity index (χ2n) is 20.0. The third-order valence-corrected chi connectivity index (χ3v) is 15.3. The molecular weight excluding hydrogens is 856 g/mol. The van der Waals surface area contributed by atoms with Crippen LogP contribution in [0.25, 0.3) is 99.5 Å². The zero-order chi connectivity index (χ0) is 47.3. The molecule has 6 heteroatoms. The lowest BCUT2D eigenvalue weighted by atomic mass is 9.80. The highest BCUT2D eigenvalue weighted by Gasteiger charge is 2.40. The molecule has 2 aliphatic rings. The quantitative estimate of drug-likeness (QED) is 0.173. The molecule has 13 rings (SSSR count). The first-order chi connectivity index (χ1) is 33.3. The van der Waals surface area contributed by atoms with E-state index in [1.807, 2.05) is 30.3 Å². The SMILES string of the molecule is Cc1cc(-c2ccc(-c3ccc(C#N)cc3-n3c4ccccc4c4c5c(ccc43)-c3ccccc3C5(C)C)c(-n3c4ccccc4c4c5c(ccc43)-c3ccccc3C5(C)C)c2)cc(C(F)(F)F)c1. The summed E-state index contributed by atoms with van der Waals surface area (Å²) in [4.78, 5) is 0. The summed E-state index contributed by atoms with van der Waals surface area (Å²) >= 11 is 0. The van der Waals surface area contributed by atoms with Crippen LogP contribution in [-0.2, 0) is 17.0 Å². The Morgan fingerprint density at radius 1 is 0.449 bits per heavy atom. The lowest BCUT2D eigenvalue weighted by Gasteiger charge is -2.23. The van der Waals surface area contributed by atoms with E-state index in [9.17, 15) is 18.4 Å². The van der Waals surface area contributed by atoms with Crippen LogP contribution in [0.1, 0.15) is 66.6 Å². The average molecular weight is 900 g/mol. The third kappa shape index (κ3) is 5.68. The van der Waals surface area contributed by atoms with Crippen LogP contribution in [0.5, 0.6) is 0 Å². The lowest BCUT2D eigenvalue weighted by molar-refractivity contribution is -0.137. The van der Waals surface area contributed by atoms with Gasteiger partial charge in [-0.25, -0.2) is 0 Å². The van der Waals surface area contributed by atoms with E-state index in [1.54, 1.807) is 6.92 Å². The van der Waals surface area contributed by atoms with E-state index >= 15 is 0 Å². The largest absolute Gasteiger partial charge is 0.416 e. The van der Waals surface area contributed by atoms with Gasteiger partial charge in [-0.2, -0.15) is 18.4 Å². The summed E-state index contributed by atoms with van der Waals surface area (Å²) in [7, 11) is 0.